The number of rotatable bonds is 2. The molecule has 0 fully saturated rings. The Morgan fingerprint density at radius 1 is 1.42 bits per heavy atom. The van der Waals surface area contributed by atoms with E-state index in [1.165, 1.54) is 0 Å². The second-order valence-corrected chi connectivity index (χ2v) is 4.69. The molecule has 2 aromatic heterocycles. The molecule has 3 rings (SSSR count). The van der Waals surface area contributed by atoms with Gasteiger partial charge in [-0.05, 0) is 19.1 Å². The number of aromatic nitrogens is 5. The fraction of sp³-hybridized carbons (Fsp3) is 0.100. The molecule has 96 valence electrons. The van der Waals surface area contributed by atoms with Gasteiger partial charge in [-0.15, -0.1) is 5.10 Å². The normalized spacial score (nSPS) is 10.8. The van der Waals surface area contributed by atoms with Gasteiger partial charge in [-0.2, -0.15) is 8.75 Å². The Labute approximate surface area is 116 Å². The number of H-pyrrole nitrogens is 1. The van der Waals surface area contributed by atoms with Gasteiger partial charge in [0.05, 0.1) is 22.4 Å². The first kappa shape index (κ1) is 12.0. The van der Waals surface area contributed by atoms with Crippen molar-refractivity contribution in [2.24, 2.45) is 0 Å². The number of amides is 1. The van der Waals surface area contributed by atoms with Crippen LogP contribution in [-0.2, 0) is 0 Å². The van der Waals surface area contributed by atoms with Crippen molar-refractivity contribution in [2.75, 3.05) is 5.32 Å². The maximum Gasteiger partial charge on any atom is 0.295 e. The summed E-state index contributed by atoms with van der Waals surface area (Å²) in [4.78, 5) is 15.9. The minimum absolute atomic E-state index is 0.0498. The Morgan fingerprint density at radius 3 is 3.00 bits per heavy atom. The number of halogens is 1. The summed E-state index contributed by atoms with van der Waals surface area (Å²) < 4.78 is 8.20. The van der Waals surface area contributed by atoms with Crippen LogP contribution in [0.25, 0.3) is 11.0 Å². The molecule has 0 aliphatic rings. The summed E-state index contributed by atoms with van der Waals surface area (Å²) in [6.45, 7) is 1.71. The predicted molar refractivity (Wildman–Crippen MR) is 71.5 cm³/mol. The van der Waals surface area contributed by atoms with Crippen LogP contribution in [0.1, 0.15) is 16.4 Å². The molecule has 0 saturated heterocycles. The van der Waals surface area contributed by atoms with Crippen LogP contribution in [0.4, 0.5) is 5.69 Å². The molecule has 0 aliphatic heterocycles. The average Bonchev–Trinajstić information content (AvgIpc) is 3.01. The molecule has 0 saturated carbocycles. The van der Waals surface area contributed by atoms with Crippen LogP contribution in [0.3, 0.4) is 0 Å². The third-order valence-electron chi connectivity index (χ3n) is 2.42. The SMILES string of the molecule is Cc1nc(C(=O)Nc2c(Cl)ccc3nsnc23)n[nH]1. The molecule has 0 unspecified atom stereocenters. The number of nitrogens with one attached hydrogen (secondary N) is 2. The second-order valence-electron chi connectivity index (χ2n) is 3.75. The number of nitrogens with zero attached hydrogens (tertiary/aromatic N) is 4. The fourth-order valence-electron chi connectivity index (χ4n) is 1.56. The van der Waals surface area contributed by atoms with Crippen LogP contribution in [0.2, 0.25) is 5.02 Å². The Morgan fingerprint density at radius 2 is 2.26 bits per heavy atom. The van der Waals surface area contributed by atoms with Crippen molar-refractivity contribution in [1.29, 1.82) is 0 Å². The molecule has 1 amide bonds. The molecule has 19 heavy (non-hydrogen) atoms. The Balaban J connectivity index is 1.99. The molecule has 2 N–H and O–H groups in total. The topological polar surface area (TPSA) is 96.5 Å². The molecule has 3 aromatic rings. The zero-order valence-corrected chi connectivity index (χ0v) is 11.2. The van der Waals surface area contributed by atoms with Gasteiger partial charge in [-0.1, -0.05) is 11.6 Å². The monoisotopic (exact) mass is 294 g/mol. The van der Waals surface area contributed by atoms with Crippen LogP contribution in [-0.4, -0.2) is 29.8 Å². The number of aromatic amines is 1. The van der Waals surface area contributed by atoms with Crippen LogP contribution >= 0.6 is 23.3 Å². The number of aryl methyl sites for hydroxylation is 1. The van der Waals surface area contributed by atoms with Crippen molar-refractivity contribution in [3.05, 3.63) is 28.8 Å². The lowest BCUT2D eigenvalue weighted by Crippen LogP contribution is -2.14. The van der Waals surface area contributed by atoms with E-state index in [1.54, 1.807) is 19.1 Å². The van der Waals surface area contributed by atoms with Gasteiger partial charge in [-0.25, -0.2) is 4.98 Å². The standard InChI is InChI=1S/C10H7ClN6OS/c1-4-12-9(15-14-4)10(18)13-7-5(11)2-3-6-8(7)17-19-16-6/h2-3H,1H3,(H,13,18)(H,12,14,15). The van der Waals surface area contributed by atoms with Crippen molar-refractivity contribution >= 4 is 46.0 Å². The van der Waals surface area contributed by atoms with Crippen molar-refractivity contribution in [3.8, 4) is 0 Å². The molecule has 0 bridgehead atoms. The lowest BCUT2D eigenvalue weighted by Gasteiger charge is -2.05. The van der Waals surface area contributed by atoms with Gasteiger partial charge < -0.3 is 5.32 Å². The molecule has 0 radical (unpaired) electrons. The maximum atomic E-state index is 12.0. The number of anilines is 1. The van der Waals surface area contributed by atoms with Gasteiger partial charge in [0, 0.05) is 0 Å². The molecule has 0 atom stereocenters. The summed E-state index contributed by atoms with van der Waals surface area (Å²) in [5.41, 5.74) is 1.65. The highest BCUT2D eigenvalue weighted by atomic mass is 35.5. The quantitative estimate of drug-likeness (QED) is 0.754. The van der Waals surface area contributed by atoms with Gasteiger partial charge in [0.2, 0.25) is 5.82 Å². The van der Waals surface area contributed by atoms with Crippen molar-refractivity contribution in [1.82, 2.24) is 23.9 Å². The van der Waals surface area contributed by atoms with Crippen molar-refractivity contribution in [2.45, 2.75) is 6.92 Å². The first-order valence-corrected chi connectivity index (χ1v) is 6.37. The lowest BCUT2D eigenvalue weighted by atomic mass is 10.2. The minimum Gasteiger partial charge on any atom is -0.316 e. The summed E-state index contributed by atoms with van der Waals surface area (Å²) in [6.07, 6.45) is 0. The van der Waals surface area contributed by atoms with Gasteiger partial charge in [0.15, 0.2) is 0 Å². The third kappa shape index (κ3) is 2.15. The van der Waals surface area contributed by atoms with E-state index < -0.39 is 5.91 Å². The van der Waals surface area contributed by atoms with E-state index in [4.69, 9.17) is 11.6 Å². The van der Waals surface area contributed by atoms with E-state index in [9.17, 15) is 4.79 Å². The molecule has 1 aromatic carbocycles. The first-order chi connectivity index (χ1) is 9.15. The second kappa shape index (κ2) is 4.56. The number of fused-ring (bicyclic) bond motifs is 1. The number of benzene rings is 1. The highest BCUT2D eigenvalue weighted by molar-refractivity contribution is 7.00. The maximum absolute atomic E-state index is 12.0. The van der Waals surface area contributed by atoms with Crippen molar-refractivity contribution in [3.63, 3.8) is 0 Å². The smallest absolute Gasteiger partial charge is 0.295 e. The van der Waals surface area contributed by atoms with Gasteiger partial charge in [-0.3, -0.25) is 9.89 Å². The average molecular weight is 295 g/mol. The van der Waals surface area contributed by atoms with Crippen molar-refractivity contribution < 1.29 is 4.79 Å². The Kier molecular flexibility index (Phi) is 2.88. The largest absolute Gasteiger partial charge is 0.316 e. The molecule has 0 spiro atoms. The van der Waals surface area contributed by atoms with Crippen LogP contribution in [0.15, 0.2) is 12.1 Å². The van der Waals surface area contributed by atoms with E-state index in [0.29, 0.717) is 27.6 Å². The summed E-state index contributed by atoms with van der Waals surface area (Å²) in [5.74, 6) is 0.158. The summed E-state index contributed by atoms with van der Waals surface area (Å²) >= 11 is 7.13. The molecular formula is C10H7ClN6OS. The van der Waals surface area contributed by atoms with Crippen LogP contribution < -0.4 is 5.32 Å². The number of carbonyl (C=O) groups is 1. The molecule has 0 aliphatic carbocycles. The van der Waals surface area contributed by atoms with Gasteiger partial charge in [0.25, 0.3) is 5.91 Å². The minimum atomic E-state index is -0.452. The van der Waals surface area contributed by atoms with Crippen LogP contribution in [0, 0.1) is 6.92 Å². The van der Waals surface area contributed by atoms with Crippen LogP contribution in [0.5, 0.6) is 0 Å². The molecule has 9 heteroatoms. The Hall–Kier alpha value is -2.06. The number of hydrogen-bond acceptors (Lipinski definition) is 6. The predicted octanol–water partition coefficient (Wildman–Crippen LogP) is 2.02. The van der Waals surface area contributed by atoms with E-state index in [2.05, 4.69) is 29.2 Å². The van der Waals surface area contributed by atoms with E-state index >= 15 is 0 Å². The van der Waals surface area contributed by atoms with Gasteiger partial charge in [0.1, 0.15) is 16.9 Å². The van der Waals surface area contributed by atoms with E-state index in [0.717, 1.165) is 11.7 Å². The molecular weight excluding hydrogens is 288 g/mol. The zero-order chi connectivity index (χ0) is 13.4. The van der Waals surface area contributed by atoms with E-state index in [1.807, 2.05) is 0 Å². The summed E-state index contributed by atoms with van der Waals surface area (Å²) in [7, 11) is 0. The summed E-state index contributed by atoms with van der Waals surface area (Å²) in [5, 5.41) is 9.43. The first-order valence-electron chi connectivity index (χ1n) is 5.26. The number of carbonyl (C=O) groups excluding carboxylic acids is 1. The highest BCUT2D eigenvalue weighted by Crippen LogP contribution is 2.30. The van der Waals surface area contributed by atoms with E-state index in [-0.39, 0.29) is 5.82 Å². The lowest BCUT2D eigenvalue weighted by molar-refractivity contribution is 0.101. The molecule has 7 nitrogen and oxygen atoms in total. The highest BCUT2D eigenvalue weighted by Gasteiger charge is 2.16. The molecule has 2 heterocycles. The third-order valence-corrected chi connectivity index (χ3v) is 3.27. The zero-order valence-electron chi connectivity index (χ0n) is 9.64. The Bertz CT molecular complexity index is 766. The number of hydrogen-bond donors (Lipinski definition) is 2. The van der Waals surface area contributed by atoms with Gasteiger partial charge >= 0.3 is 0 Å². The summed E-state index contributed by atoms with van der Waals surface area (Å²) in [6, 6.07) is 3.40. The fourth-order valence-corrected chi connectivity index (χ4v) is 2.30.